The molecule has 0 spiro atoms. The van der Waals surface area contributed by atoms with Crippen molar-refractivity contribution in [1.82, 2.24) is 10.2 Å². The Morgan fingerprint density at radius 2 is 2.30 bits per heavy atom. The molecule has 0 radical (unpaired) electrons. The summed E-state index contributed by atoms with van der Waals surface area (Å²) in [5.74, 6) is 0.0309. The number of nitrogens with zero attached hydrogens (tertiary/aromatic N) is 1. The Labute approximate surface area is 121 Å². The number of rotatable bonds is 6. The van der Waals surface area contributed by atoms with Crippen molar-refractivity contribution in [2.75, 3.05) is 26.7 Å². The average molecular weight is 280 g/mol. The zero-order valence-electron chi connectivity index (χ0n) is 12.7. The summed E-state index contributed by atoms with van der Waals surface area (Å²) in [5, 5.41) is 3.41. The molecule has 1 heterocycles. The Balaban J connectivity index is 2.17. The molecule has 0 aromatic heterocycles. The van der Waals surface area contributed by atoms with Gasteiger partial charge in [0.1, 0.15) is 0 Å². The number of halogens is 1. The van der Waals surface area contributed by atoms with Crippen molar-refractivity contribution in [2.24, 2.45) is 0 Å². The lowest BCUT2D eigenvalue weighted by atomic mass is 10.0. The number of ether oxygens (including phenoxy) is 1. The maximum Gasteiger partial charge on any atom is 0.165 e. The predicted octanol–water partition coefficient (Wildman–Crippen LogP) is 2.97. The number of methoxy groups -OCH3 is 1. The Hall–Kier alpha value is -1.13. The minimum absolute atomic E-state index is 0.222. The van der Waals surface area contributed by atoms with E-state index in [4.69, 9.17) is 4.74 Å². The lowest BCUT2D eigenvalue weighted by Crippen LogP contribution is -2.39. The van der Waals surface area contributed by atoms with E-state index in [1.165, 1.54) is 13.5 Å². The van der Waals surface area contributed by atoms with Crippen LogP contribution in [0.2, 0.25) is 0 Å². The first kappa shape index (κ1) is 15.3. The highest BCUT2D eigenvalue weighted by molar-refractivity contribution is 5.31. The van der Waals surface area contributed by atoms with Gasteiger partial charge >= 0.3 is 0 Å². The van der Waals surface area contributed by atoms with Gasteiger partial charge in [0.2, 0.25) is 0 Å². The maximum absolute atomic E-state index is 13.9. The van der Waals surface area contributed by atoms with E-state index in [0.717, 1.165) is 31.6 Å². The molecule has 0 amide bonds. The van der Waals surface area contributed by atoms with Crippen molar-refractivity contribution in [3.8, 4) is 5.75 Å². The molecule has 1 N–H and O–H groups in total. The molecule has 1 aliphatic rings. The number of hydrogen-bond acceptors (Lipinski definition) is 3. The molecule has 2 unspecified atom stereocenters. The fourth-order valence-corrected chi connectivity index (χ4v) is 3.01. The largest absolute Gasteiger partial charge is 0.494 e. The van der Waals surface area contributed by atoms with Gasteiger partial charge in [-0.05, 0) is 50.6 Å². The highest BCUT2D eigenvalue weighted by Gasteiger charge is 2.26. The Morgan fingerprint density at radius 3 is 2.85 bits per heavy atom. The van der Waals surface area contributed by atoms with Crippen LogP contribution in [0.3, 0.4) is 0 Å². The molecule has 2 rings (SSSR count). The van der Waals surface area contributed by atoms with Crippen LogP contribution >= 0.6 is 0 Å². The summed E-state index contributed by atoms with van der Waals surface area (Å²) in [6.45, 7) is 7.50. The van der Waals surface area contributed by atoms with Gasteiger partial charge in [-0.1, -0.05) is 13.0 Å². The van der Waals surface area contributed by atoms with Gasteiger partial charge in [-0.2, -0.15) is 0 Å². The summed E-state index contributed by atoms with van der Waals surface area (Å²) in [6.07, 6.45) is 2.28. The molecule has 1 fully saturated rings. The minimum atomic E-state index is -0.280. The van der Waals surface area contributed by atoms with Crippen molar-refractivity contribution in [3.63, 3.8) is 0 Å². The van der Waals surface area contributed by atoms with Crippen molar-refractivity contribution < 1.29 is 9.13 Å². The van der Waals surface area contributed by atoms with Crippen LogP contribution in [-0.4, -0.2) is 37.7 Å². The topological polar surface area (TPSA) is 24.5 Å². The van der Waals surface area contributed by atoms with Gasteiger partial charge in [-0.25, -0.2) is 4.39 Å². The molecule has 1 aromatic carbocycles. The molecule has 4 heteroatoms. The summed E-state index contributed by atoms with van der Waals surface area (Å²) in [7, 11) is 1.50. The van der Waals surface area contributed by atoms with Crippen molar-refractivity contribution >= 4 is 0 Å². The Kier molecular flexibility index (Phi) is 5.38. The summed E-state index contributed by atoms with van der Waals surface area (Å²) >= 11 is 0. The van der Waals surface area contributed by atoms with E-state index in [0.29, 0.717) is 11.8 Å². The maximum atomic E-state index is 13.9. The van der Waals surface area contributed by atoms with Crippen molar-refractivity contribution in [1.29, 1.82) is 0 Å². The fourth-order valence-electron chi connectivity index (χ4n) is 3.01. The molecule has 20 heavy (non-hydrogen) atoms. The molecule has 0 aliphatic carbocycles. The monoisotopic (exact) mass is 280 g/mol. The van der Waals surface area contributed by atoms with Crippen LogP contribution in [-0.2, 0) is 0 Å². The summed E-state index contributed by atoms with van der Waals surface area (Å²) < 4.78 is 18.9. The van der Waals surface area contributed by atoms with Crippen LogP contribution in [0, 0.1) is 5.82 Å². The third-order valence-electron chi connectivity index (χ3n) is 4.14. The van der Waals surface area contributed by atoms with E-state index >= 15 is 0 Å². The normalized spacial score (nSPS) is 20.4. The highest BCUT2D eigenvalue weighted by atomic mass is 19.1. The van der Waals surface area contributed by atoms with E-state index in [2.05, 4.69) is 24.1 Å². The second-order valence-electron chi connectivity index (χ2n) is 5.45. The lowest BCUT2D eigenvalue weighted by molar-refractivity contribution is 0.153. The number of benzene rings is 1. The van der Waals surface area contributed by atoms with E-state index in [-0.39, 0.29) is 11.9 Å². The van der Waals surface area contributed by atoms with Gasteiger partial charge in [0, 0.05) is 18.6 Å². The predicted molar refractivity (Wildman–Crippen MR) is 79.6 cm³/mol. The van der Waals surface area contributed by atoms with E-state index in [1.807, 2.05) is 6.07 Å². The van der Waals surface area contributed by atoms with Crippen LogP contribution < -0.4 is 10.1 Å². The van der Waals surface area contributed by atoms with Crippen molar-refractivity contribution in [3.05, 3.63) is 29.6 Å². The van der Waals surface area contributed by atoms with Gasteiger partial charge in [0.05, 0.1) is 7.11 Å². The third kappa shape index (κ3) is 3.30. The van der Waals surface area contributed by atoms with Gasteiger partial charge in [-0.3, -0.25) is 4.90 Å². The fraction of sp³-hybridized carbons (Fsp3) is 0.625. The van der Waals surface area contributed by atoms with Crippen LogP contribution in [0.4, 0.5) is 4.39 Å². The molecule has 3 nitrogen and oxygen atoms in total. The van der Waals surface area contributed by atoms with Crippen LogP contribution in [0.5, 0.6) is 5.75 Å². The zero-order chi connectivity index (χ0) is 14.5. The number of hydrogen-bond donors (Lipinski definition) is 1. The Morgan fingerprint density at radius 1 is 1.50 bits per heavy atom. The molecule has 1 aromatic rings. The first-order valence-electron chi connectivity index (χ1n) is 7.47. The summed E-state index contributed by atoms with van der Waals surface area (Å²) in [6, 6.07) is 6.07. The van der Waals surface area contributed by atoms with Crippen LogP contribution in [0.25, 0.3) is 0 Å². The van der Waals surface area contributed by atoms with Crippen molar-refractivity contribution in [2.45, 2.75) is 38.8 Å². The molecule has 0 bridgehead atoms. The van der Waals surface area contributed by atoms with Gasteiger partial charge in [-0.15, -0.1) is 0 Å². The molecule has 0 saturated carbocycles. The van der Waals surface area contributed by atoms with E-state index in [1.54, 1.807) is 12.1 Å². The van der Waals surface area contributed by atoms with Gasteiger partial charge in [0.15, 0.2) is 11.6 Å². The number of nitrogens with one attached hydrogen (secondary N) is 1. The third-order valence-corrected chi connectivity index (χ3v) is 4.14. The van der Waals surface area contributed by atoms with Gasteiger partial charge in [0.25, 0.3) is 0 Å². The molecular formula is C16H25FN2O. The lowest BCUT2D eigenvalue weighted by Gasteiger charge is -2.34. The second-order valence-corrected chi connectivity index (χ2v) is 5.45. The van der Waals surface area contributed by atoms with Crippen LogP contribution in [0.1, 0.15) is 38.3 Å². The smallest absolute Gasteiger partial charge is 0.165 e. The van der Waals surface area contributed by atoms with E-state index < -0.39 is 0 Å². The molecular weight excluding hydrogens is 255 g/mol. The summed E-state index contributed by atoms with van der Waals surface area (Å²) in [5.41, 5.74) is 1.02. The van der Waals surface area contributed by atoms with E-state index in [9.17, 15) is 4.39 Å². The van der Waals surface area contributed by atoms with Gasteiger partial charge < -0.3 is 10.1 Å². The average Bonchev–Trinajstić information content (AvgIpc) is 2.97. The second kappa shape index (κ2) is 7.04. The molecule has 1 aliphatic heterocycles. The first-order valence-corrected chi connectivity index (χ1v) is 7.47. The zero-order valence-corrected chi connectivity index (χ0v) is 12.7. The first-order chi connectivity index (χ1) is 9.67. The molecule has 112 valence electrons. The van der Waals surface area contributed by atoms with Crippen LogP contribution in [0.15, 0.2) is 18.2 Å². The molecule has 2 atom stereocenters. The molecule has 1 saturated heterocycles. The minimum Gasteiger partial charge on any atom is -0.494 e. The Bertz CT molecular complexity index is 432. The summed E-state index contributed by atoms with van der Waals surface area (Å²) in [4.78, 5) is 2.49. The standard InChI is InChI=1S/C16H25FN2O/c1-4-9-19(14-7-8-18-11-14)12(2)13-5-6-16(20-3)15(17)10-13/h5-6,10,12,14,18H,4,7-9,11H2,1-3H3. The highest BCUT2D eigenvalue weighted by Crippen LogP contribution is 2.28. The SMILES string of the molecule is CCCN(C1CCNC1)C(C)c1ccc(OC)c(F)c1. The quantitative estimate of drug-likeness (QED) is 0.867.